The molecule has 3 aromatic rings. The SMILES string of the molecule is Cl.N=c1n(CCOc2ccccc2Cl)c2ccccc2n1CC(N)=O. The molecule has 1 heterocycles. The average Bonchev–Trinajstić information content (AvgIpc) is 2.82. The number of halogens is 2. The van der Waals surface area contributed by atoms with Gasteiger partial charge in [0.1, 0.15) is 18.9 Å². The summed E-state index contributed by atoms with van der Waals surface area (Å²) >= 11 is 6.07. The first-order valence-electron chi connectivity index (χ1n) is 7.46. The predicted molar refractivity (Wildman–Crippen MR) is 99.2 cm³/mol. The number of amides is 1. The highest BCUT2D eigenvalue weighted by atomic mass is 35.5. The molecule has 0 aliphatic carbocycles. The van der Waals surface area contributed by atoms with Crippen LogP contribution >= 0.6 is 24.0 Å². The van der Waals surface area contributed by atoms with Gasteiger partial charge in [-0.3, -0.25) is 10.2 Å². The molecule has 0 aliphatic heterocycles. The fourth-order valence-corrected chi connectivity index (χ4v) is 2.84. The Labute approximate surface area is 155 Å². The molecule has 3 N–H and O–H groups in total. The van der Waals surface area contributed by atoms with Crippen molar-refractivity contribution in [3.8, 4) is 5.75 Å². The second kappa shape index (κ2) is 8.09. The van der Waals surface area contributed by atoms with Crippen LogP contribution in [0.3, 0.4) is 0 Å². The smallest absolute Gasteiger partial charge is 0.237 e. The van der Waals surface area contributed by atoms with Crippen LogP contribution in [0.25, 0.3) is 11.0 Å². The molecule has 6 nitrogen and oxygen atoms in total. The van der Waals surface area contributed by atoms with Gasteiger partial charge in [0.05, 0.1) is 22.6 Å². The highest BCUT2D eigenvalue weighted by Gasteiger charge is 2.12. The van der Waals surface area contributed by atoms with E-state index in [0.717, 1.165) is 11.0 Å². The monoisotopic (exact) mass is 380 g/mol. The van der Waals surface area contributed by atoms with E-state index < -0.39 is 5.91 Å². The Morgan fingerprint density at radius 2 is 1.68 bits per heavy atom. The lowest BCUT2D eigenvalue weighted by molar-refractivity contribution is -0.118. The Morgan fingerprint density at radius 1 is 1.08 bits per heavy atom. The number of carbonyl (C=O) groups is 1. The van der Waals surface area contributed by atoms with Gasteiger partial charge in [0.15, 0.2) is 0 Å². The van der Waals surface area contributed by atoms with Gasteiger partial charge in [-0.15, -0.1) is 12.4 Å². The van der Waals surface area contributed by atoms with E-state index in [1.807, 2.05) is 36.4 Å². The number of hydrogen-bond acceptors (Lipinski definition) is 3. The number of benzene rings is 2. The van der Waals surface area contributed by atoms with Crippen molar-refractivity contribution < 1.29 is 9.53 Å². The van der Waals surface area contributed by atoms with Gasteiger partial charge >= 0.3 is 0 Å². The third-order valence-corrected chi connectivity index (χ3v) is 4.01. The number of nitrogens with one attached hydrogen (secondary N) is 1. The van der Waals surface area contributed by atoms with Crippen LogP contribution in [-0.4, -0.2) is 21.6 Å². The lowest BCUT2D eigenvalue weighted by Gasteiger charge is -2.09. The molecule has 0 saturated carbocycles. The Bertz CT molecular complexity index is 949. The number of para-hydroxylation sites is 3. The topological polar surface area (TPSA) is 86.0 Å². The van der Waals surface area contributed by atoms with Crippen molar-refractivity contribution in [1.29, 1.82) is 5.41 Å². The average molecular weight is 381 g/mol. The van der Waals surface area contributed by atoms with E-state index in [1.165, 1.54) is 0 Å². The molecule has 0 fully saturated rings. The van der Waals surface area contributed by atoms with Crippen LogP contribution in [0.1, 0.15) is 0 Å². The van der Waals surface area contributed by atoms with E-state index in [9.17, 15) is 4.79 Å². The van der Waals surface area contributed by atoms with Gasteiger partial charge in [-0.25, -0.2) is 0 Å². The highest BCUT2D eigenvalue weighted by molar-refractivity contribution is 6.32. The fourth-order valence-electron chi connectivity index (χ4n) is 2.65. The van der Waals surface area contributed by atoms with Crippen LogP contribution in [0.2, 0.25) is 5.02 Å². The van der Waals surface area contributed by atoms with Gasteiger partial charge in [0.2, 0.25) is 11.5 Å². The molecule has 0 bridgehead atoms. The summed E-state index contributed by atoms with van der Waals surface area (Å²) in [4.78, 5) is 11.3. The summed E-state index contributed by atoms with van der Waals surface area (Å²) in [6.07, 6.45) is 0. The van der Waals surface area contributed by atoms with E-state index in [4.69, 9.17) is 27.5 Å². The third-order valence-electron chi connectivity index (χ3n) is 3.70. The minimum absolute atomic E-state index is 0. The number of imidazole rings is 1. The third kappa shape index (κ3) is 3.97. The van der Waals surface area contributed by atoms with Crippen molar-refractivity contribution in [2.24, 2.45) is 5.73 Å². The molecule has 2 aromatic carbocycles. The summed E-state index contributed by atoms with van der Waals surface area (Å²) in [6.45, 7) is 0.777. The van der Waals surface area contributed by atoms with Gasteiger partial charge in [0, 0.05) is 0 Å². The fraction of sp³-hybridized carbons (Fsp3) is 0.176. The molecule has 0 saturated heterocycles. The van der Waals surface area contributed by atoms with Gasteiger partial charge in [-0.1, -0.05) is 35.9 Å². The molecule has 0 atom stereocenters. The lowest BCUT2D eigenvalue weighted by Crippen LogP contribution is -2.30. The zero-order valence-electron chi connectivity index (χ0n) is 13.3. The van der Waals surface area contributed by atoms with Gasteiger partial charge in [-0.05, 0) is 24.3 Å². The molecular formula is C17H18Cl2N4O2. The number of rotatable bonds is 6. The Kier molecular flexibility index (Phi) is 6.12. The summed E-state index contributed by atoms with van der Waals surface area (Å²) < 4.78 is 9.08. The Balaban J connectivity index is 0.00000225. The van der Waals surface area contributed by atoms with Crippen LogP contribution in [0.4, 0.5) is 0 Å². The number of hydrogen-bond donors (Lipinski definition) is 2. The maximum absolute atomic E-state index is 11.3. The number of nitrogens with zero attached hydrogens (tertiary/aromatic N) is 2. The summed E-state index contributed by atoms with van der Waals surface area (Å²) in [5, 5.41) is 8.88. The number of carbonyl (C=O) groups excluding carboxylic acids is 1. The maximum Gasteiger partial charge on any atom is 0.237 e. The quantitative estimate of drug-likeness (QED) is 0.688. The molecule has 0 spiro atoms. The van der Waals surface area contributed by atoms with E-state index in [0.29, 0.717) is 23.9 Å². The van der Waals surface area contributed by atoms with Crippen molar-refractivity contribution in [3.05, 3.63) is 59.2 Å². The highest BCUT2D eigenvalue weighted by Crippen LogP contribution is 2.23. The van der Waals surface area contributed by atoms with Crippen molar-refractivity contribution in [3.63, 3.8) is 0 Å². The molecule has 8 heteroatoms. The Morgan fingerprint density at radius 3 is 2.32 bits per heavy atom. The normalized spacial score (nSPS) is 10.4. The second-order valence-electron chi connectivity index (χ2n) is 5.30. The molecule has 0 radical (unpaired) electrons. The van der Waals surface area contributed by atoms with Crippen molar-refractivity contribution in [2.45, 2.75) is 13.1 Å². The first kappa shape index (κ1) is 18.9. The van der Waals surface area contributed by atoms with E-state index in [1.54, 1.807) is 21.3 Å². The van der Waals surface area contributed by atoms with E-state index in [-0.39, 0.29) is 24.6 Å². The predicted octanol–water partition coefficient (Wildman–Crippen LogP) is 2.56. The largest absolute Gasteiger partial charge is 0.490 e. The standard InChI is InChI=1S/C17H17ClN4O2.ClH/c18-12-5-1-4-8-15(12)24-10-9-21-13-6-2-3-7-14(13)22(17(21)20)11-16(19)23;/h1-8,20H,9-11H2,(H2,19,23);1H. The van der Waals surface area contributed by atoms with Crippen LogP contribution in [0.5, 0.6) is 5.75 Å². The van der Waals surface area contributed by atoms with Crippen molar-refractivity contribution >= 4 is 40.9 Å². The molecular weight excluding hydrogens is 363 g/mol. The molecule has 3 rings (SSSR count). The van der Waals surface area contributed by atoms with Crippen LogP contribution in [0.15, 0.2) is 48.5 Å². The first-order valence-corrected chi connectivity index (χ1v) is 7.84. The Hall–Kier alpha value is -2.44. The van der Waals surface area contributed by atoms with Crippen LogP contribution in [-0.2, 0) is 17.9 Å². The maximum atomic E-state index is 11.3. The van der Waals surface area contributed by atoms with Gasteiger partial charge < -0.3 is 19.6 Å². The summed E-state index contributed by atoms with van der Waals surface area (Å²) in [6, 6.07) is 14.8. The summed E-state index contributed by atoms with van der Waals surface area (Å²) in [5.41, 5.74) is 7.15. The molecule has 1 aromatic heterocycles. The van der Waals surface area contributed by atoms with Crippen molar-refractivity contribution in [2.75, 3.05) is 6.61 Å². The lowest BCUT2D eigenvalue weighted by atomic mass is 10.3. The summed E-state index contributed by atoms with van der Waals surface area (Å²) in [7, 11) is 0. The molecule has 0 aliphatic rings. The van der Waals surface area contributed by atoms with Crippen LogP contribution < -0.4 is 16.1 Å². The number of primary amides is 1. The minimum atomic E-state index is -0.483. The minimum Gasteiger partial charge on any atom is -0.490 e. The van der Waals surface area contributed by atoms with Gasteiger partial charge in [0.25, 0.3) is 0 Å². The second-order valence-corrected chi connectivity index (χ2v) is 5.70. The van der Waals surface area contributed by atoms with E-state index in [2.05, 4.69) is 0 Å². The molecule has 132 valence electrons. The van der Waals surface area contributed by atoms with E-state index >= 15 is 0 Å². The number of fused-ring (bicyclic) bond motifs is 1. The number of nitrogens with two attached hydrogens (primary N) is 1. The number of aromatic nitrogens is 2. The molecule has 1 amide bonds. The van der Waals surface area contributed by atoms with Gasteiger partial charge in [-0.2, -0.15) is 0 Å². The summed E-state index contributed by atoms with van der Waals surface area (Å²) in [5.74, 6) is 0.121. The van der Waals surface area contributed by atoms with Crippen LogP contribution in [0, 0.1) is 5.41 Å². The number of ether oxygens (including phenoxy) is 1. The molecule has 0 unspecified atom stereocenters. The zero-order chi connectivity index (χ0) is 17.1. The van der Waals surface area contributed by atoms with Crippen molar-refractivity contribution in [1.82, 2.24) is 9.13 Å². The zero-order valence-corrected chi connectivity index (χ0v) is 14.9. The first-order chi connectivity index (χ1) is 11.6. The molecule has 25 heavy (non-hydrogen) atoms.